The van der Waals surface area contributed by atoms with Gasteiger partial charge in [-0.05, 0) is 37.6 Å². The fraction of sp³-hybridized carbons (Fsp3) is 0.118. The summed E-state index contributed by atoms with van der Waals surface area (Å²) in [4.78, 5) is 4.38. The number of hydrogen-bond acceptors (Lipinski definition) is 2. The van der Waals surface area contributed by atoms with Crippen LogP contribution in [0, 0.1) is 13.8 Å². The lowest BCUT2D eigenvalue weighted by Crippen LogP contribution is -1.95. The highest BCUT2D eigenvalue weighted by Gasteiger charge is 2.03. The number of para-hydroxylation sites is 1. The fourth-order valence-electron chi connectivity index (χ4n) is 2.30. The van der Waals surface area contributed by atoms with Gasteiger partial charge in [0.2, 0.25) is 0 Å². The monoisotopic (exact) mass is 248 g/mol. The average molecular weight is 248 g/mol. The molecule has 2 heteroatoms. The standard InChI is InChI=1S/C17H16N2/c1-12-7-8-15(13(2)11-12)19-17-9-10-18-16-6-4-3-5-14(16)17/h3-11H,1-2H3,(H,18,19). The molecule has 94 valence electrons. The highest BCUT2D eigenvalue weighted by Crippen LogP contribution is 2.26. The van der Waals surface area contributed by atoms with Gasteiger partial charge in [0.25, 0.3) is 0 Å². The Balaban J connectivity index is 2.06. The maximum Gasteiger partial charge on any atom is 0.0722 e. The zero-order valence-corrected chi connectivity index (χ0v) is 11.1. The number of aromatic nitrogens is 1. The Kier molecular flexibility index (Phi) is 2.92. The molecule has 2 nitrogen and oxygen atoms in total. The van der Waals surface area contributed by atoms with Gasteiger partial charge in [-0.3, -0.25) is 4.98 Å². The molecule has 1 aromatic heterocycles. The quantitative estimate of drug-likeness (QED) is 0.717. The first-order valence-corrected chi connectivity index (χ1v) is 6.42. The van der Waals surface area contributed by atoms with E-state index in [1.54, 1.807) is 0 Å². The highest BCUT2D eigenvalue weighted by molar-refractivity contribution is 5.92. The van der Waals surface area contributed by atoms with E-state index in [1.807, 2.05) is 30.5 Å². The van der Waals surface area contributed by atoms with Gasteiger partial charge in [-0.15, -0.1) is 0 Å². The molecule has 0 unspecified atom stereocenters. The molecule has 0 amide bonds. The molecule has 0 bridgehead atoms. The summed E-state index contributed by atoms with van der Waals surface area (Å²) in [6.07, 6.45) is 1.84. The molecule has 19 heavy (non-hydrogen) atoms. The minimum atomic E-state index is 1.01. The van der Waals surface area contributed by atoms with Crippen molar-refractivity contribution in [3.05, 3.63) is 65.9 Å². The van der Waals surface area contributed by atoms with Crippen molar-refractivity contribution >= 4 is 22.3 Å². The molecule has 0 atom stereocenters. The Morgan fingerprint density at radius 1 is 0.895 bits per heavy atom. The number of nitrogens with one attached hydrogen (secondary N) is 1. The summed E-state index contributed by atoms with van der Waals surface area (Å²) in [6.45, 7) is 4.23. The molecular formula is C17H16N2. The van der Waals surface area contributed by atoms with Crippen molar-refractivity contribution in [2.45, 2.75) is 13.8 Å². The summed E-state index contributed by atoms with van der Waals surface area (Å²) >= 11 is 0. The molecule has 2 aromatic carbocycles. The van der Waals surface area contributed by atoms with Gasteiger partial charge in [0.05, 0.1) is 5.52 Å². The molecule has 1 heterocycles. The zero-order valence-electron chi connectivity index (χ0n) is 11.1. The van der Waals surface area contributed by atoms with Crippen molar-refractivity contribution in [3.8, 4) is 0 Å². The fourth-order valence-corrected chi connectivity index (χ4v) is 2.30. The van der Waals surface area contributed by atoms with Gasteiger partial charge in [0.15, 0.2) is 0 Å². The van der Waals surface area contributed by atoms with Crippen molar-refractivity contribution < 1.29 is 0 Å². The second-order valence-electron chi connectivity index (χ2n) is 4.82. The van der Waals surface area contributed by atoms with Crippen LogP contribution in [0.25, 0.3) is 10.9 Å². The average Bonchev–Trinajstić information content (AvgIpc) is 2.42. The molecule has 1 N–H and O–H groups in total. The number of anilines is 2. The maximum absolute atomic E-state index is 4.38. The van der Waals surface area contributed by atoms with E-state index in [2.05, 4.69) is 48.4 Å². The number of nitrogens with zero attached hydrogens (tertiary/aromatic N) is 1. The third kappa shape index (κ3) is 2.29. The van der Waals surface area contributed by atoms with Gasteiger partial charge in [0, 0.05) is 23.0 Å². The predicted octanol–water partition coefficient (Wildman–Crippen LogP) is 4.60. The molecule has 0 radical (unpaired) electrons. The van der Waals surface area contributed by atoms with Crippen LogP contribution in [-0.4, -0.2) is 4.98 Å². The Morgan fingerprint density at radius 2 is 1.74 bits per heavy atom. The first-order valence-electron chi connectivity index (χ1n) is 6.42. The number of aryl methyl sites for hydroxylation is 2. The maximum atomic E-state index is 4.38. The number of hydrogen-bond donors (Lipinski definition) is 1. The van der Waals surface area contributed by atoms with Crippen LogP contribution in [0.5, 0.6) is 0 Å². The predicted molar refractivity (Wildman–Crippen MR) is 80.9 cm³/mol. The largest absolute Gasteiger partial charge is 0.355 e. The molecule has 3 rings (SSSR count). The highest BCUT2D eigenvalue weighted by atomic mass is 14.9. The SMILES string of the molecule is Cc1ccc(Nc2ccnc3ccccc23)c(C)c1. The van der Waals surface area contributed by atoms with Crippen LogP contribution in [0.15, 0.2) is 54.7 Å². The first kappa shape index (κ1) is 11.7. The lowest BCUT2D eigenvalue weighted by atomic mass is 10.1. The molecule has 3 aromatic rings. The van der Waals surface area contributed by atoms with Gasteiger partial charge >= 0.3 is 0 Å². The van der Waals surface area contributed by atoms with Gasteiger partial charge in [-0.1, -0.05) is 35.9 Å². The van der Waals surface area contributed by atoms with Crippen LogP contribution in [-0.2, 0) is 0 Å². The first-order chi connectivity index (χ1) is 9.24. The summed E-state index contributed by atoms with van der Waals surface area (Å²) < 4.78 is 0. The zero-order chi connectivity index (χ0) is 13.2. The van der Waals surface area contributed by atoms with Gasteiger partial charge in [-0.25, -0.2) is 0 Å². The van der Waals surface area contributed by atoms with Crippen LogP contribution in [0.3, 0.4) is 0 Å². The number of fused-ring (bicyclic) bond motifs is 1. The summed E-state index contributed by atoms with van der Waals surface area (Å²) in [5, 5.41) is 4.65. The number of benzene rings is 2. The van der Waals surface area contributed by atoms with Gasteiger partial charge < -0.3 is 5.32 Å². The second-order valence-corrected chi connectivity index (χ2v) is 4.82. The van der Waals surface area contributed by atoms with Crippen molar-refractivity contribution in [1.82, 2.24) is 4.98 Å². The Labute approximate surface area is 113 Å². The van der Waals surface area contributed by atoms with Gasteiger partial charge in [-0.2, -0.15) is 0 Å². The van der Waals surface area contributed by atoms with E-state index in [0.29, 0.717) is 0 Å². The van der Waals surface area contributed by atoms with E-state index in [-0.39, 0.29) is 0 Å². The minimum Gasteiger partial charge on any atom is -0.355 e. The van der Waals surface area contributed by atoms with Crippen LogP contribution in [0.4, 0.5) is 11.4 Å². The summed E-state index contributed by atoms with van der Waals surface area (Å²) in [6, 6.07) is 16.6. The van der Waals surface area contributed by atoms with Crippen molar-refractivity contribution in [3.63, 3.8) is 0 Å². The topological polar surface area (TPSA) is 24.9 Å². The summed E-state index contributed by atoms with van der Waals surface area (Å²) in [7, 11) is 0. The Hall–Kier alpha value is -2.35. The number of rotatable bonds is 2. The molecule has 0 saturated heterocycles. The molecule has 0 spiro atoms. The molecule has 0 aliphatic carbocycles. The summed E-state index contributed by atoms with van der Waals surface area (Å²) in [5.41, 5.74) is 5.78. The number of pyridine rings is 1. The van der Waals surface area contributed by atoms with E-state index in [9.17, 15) is 0 Å². The van der Waals surface area contributed by atoms with E-state index in [4.69, 9.17) is 0 Å². The lowest BCUT2D eigenvalue weighted by molar-refractivity contribution is 1.36. The van der Waals surface area contributed by atoms with Gasteiger partial charge in [0.1, 0.15) is 0 Å². The molecule has 0 aliphatic rings. The van der Waals surface area contributed by atoms with E-state index in [1.165, 1.54) is 11.1 Å². The van der Waals surface area contributed by atoms with Crippen LogP contribution in [0.1, 0.15) is 11.1 Å². The third-order valence-corrected chi connectivity index (χ3v) is 3.30. The van der Waals surface area contributed by atoms with Crippen LogP contribution >= 0.6 is 0 Å². The lowest BCUT2D eigenvalue weighted by Gasteiger charge is -2.12. The second kappa shape index (κ2) is 4.73. The van der Waals surface area contributed by atoms with E-state index >= 15 is 0 Å². The van der Waals surface area contributed by atoms with Crippen LogP contribution in [0.2, 0.25) is 0 Å². The van der Waals surface area contributed by atoms with Crippen molar-refractivity contribution in [2.24, 2.45) is 0 Å². The minimum absolute atomic E-state index is 1.01. The smallest absolute Gasteiger partial charge is 0.0722 e. The van der Waals surface area contributed by atoms with E-state index < -0.39 is 0 Å². The third-order valence-electron chi connectivity index (χ3n) is 3.30. The molecule has 0 aliphatic heterocycles. The normalized spacial score (nSPS) is 10.6. The molecule has 0 fully saturated rings. The molecule has 0 saturated carbocycles. The molecular weight excluding hydrogens is 232 g/mol. The van der Waals surface area contributed by atoms with Crippen molar-refractivity contribution in [2.75, 3.05) is 5.32 Å². The Morgan fingerprint density at radius 3 is 2.58 bits per heavy atom. The van der Waals surface area contributed by atoms with E-state index in [0.717, 1.165) is 22.3 Å². The Bertz CT molecular complexity index is 727. The van der Waals surface area contributed by atoms with Crippen LogP contribution < -0.4 is 5.32 Å². The summed E-state index contributed by atoms with van der Waals surface area (Å²) in [5.74, 6) is 0. The van der Waals surface area contributed by atoms with Crippen molar-refractivity contribution in [1.29, 1.82) is 0 Å².